The van der Waals surface area contributed by atoms with Gasteiger partial charge < -0.3 is 9.88 Å². The van der Waals surface area contributed by atoms with Gasteiger partial charge in [-0.15, -0.1) is 0 Å². The first-order valence-corrected chi connectivity index (χ1v) is 7.08. The maximum absolute atomic E-state index is 4.41. The van der Waals surface area contributed by atoms with Gasteiger partial charge in [0.2, 0.25) is 0 Å². The van der Waals surface area contributed by atoms with Crippen molar-refractivity contribution in [1.29, 1.82) is 0 Å². The van der Waals surface area contributed by atoms with Crippen LogP contribution in [0.15, 0.2) is 12.4 Å². The molecule has 1 aliphatic heterocycles. The van der Waals surface area contributed by atoms with Gasteiger partial charge in [-0.05, 0) is 24.9 Å². The van der Waals surface area contributed by atoms with Gasteiger partial charge in [-0.3, -0.25) is 4.90 Å². The van der Waals surface area contributed by atoms with Gasteiger partial charge in [0.15, 0.2) is 0 Å². The summed E-state index contributed by atoms with van der Waals surface area (Å²) in [5, 5.41) is 3.54. The maximum atomic E-state index is 4.41. The summed E-state index contributed by atoms with van der Waals surface area (Å²) in [4.78, 5) is 6.92. The third-order valence-electron chi connectivity index (χ3n) is 3.44. The Kier molecular flexibility index (Phi) is 4.78. The van der Waals surface area contributed by atoms with E-state index in [4.69, 9.17) is 0 Å². The first kappa shape index (κ1) is 13.6. The molecule has 2 heterocycles. The zero-order valence-corrected chi connectivity index (χ0v) is 11.9. The maximum Gasteiger partial charge on any atom is 0.122 e. The number of nitrogens with one attached hydrogen (secondary N) is 1. The number of aromatic nitrogens is 2. The molecule has 4 nitrogen and oxygen atoms in total. The molecular weight excluding hydrogens is 224 g/mol. The van der Waals surface area contributed by atoms with E-state index in [1.54, 1.807) is 0 Å². The van der Waals surface area contributed by atoms with E-state index in [0.717, 1.165) is 45.2 Å². The summed E-state index contributed by atoms with van der Waals surface area (Å²) in [5.74, 6) is 2.65. The molecule has 1 N–H and O–H groups in total. The lowest BCUT2D eigenvalue weighted by molar-refractivity contribution is 0.188. The van der Waals surface area contributed by atoms with E-state index in [0.29, 0.717) is 5.92 Å². The predicted molar refractivity (Wildman–Crippen MR) is 74.4 cm³/mol. The molecule has 0 fully saturated rings. The van der Waals surface area contributed by atoms with Crippen LogP contribution in [0.1, 0.15) is 26.6 Å². The van der Waals surface area contributed by atoms with E-state index < -0.39 is 0 Å². The summed E-state index contributed by atoms with van der Waals surface area (Å²) in [6.07, 6.45) is 3.99. The highest BCUT2D eigenvalue weighted by atomic mass is 15.2. The van der Waals surface area contributed by atoms with Crippen molar-refractivity contribution in [2.75, 3.05) is 26.2 Å². The molecule has 102 valence electrons. The molecule has 1 aliphatic rings. The molecule has 1 unspecified atom stereocenters. The Morgan fingerprint density at radius 2 is 2.11 bits per heavy atom. The zero-order chi connectivity index (χ0) is 13.0. The highest BCUT2D eigenvalue weighted by Crippen LogP contribution is 2.11. The third-order valence-corrected chi connectivity index (χ3v) is 3.44. The van der Waals surface area contributed by atoms with E-state index in [9.17, 15) is 0 Å². The molecule has 0 saturated heterocycles. The standard InChI is InChI=1S/C14H26N4/c1-12(2)8-15-9-13(3)10-17-6-7-18-5-4-16-14(18)11-17/h4-5,12-13,15H,6-11H2,1-3H3. The van der Waals surface area contributed by atoms with Crippen LogP contribution in [-0.2, 0) is 13.1 Å². The van der Waals surface area contributed by atoms with Gasteiger partial charge in [-0.2, -0.15) is 0 Å². The van der Waals surface area contributed by atoms with Crippen molar-refractivity contribution in [2.24, 2.45) is 11.8 Å². The number of rotatable bonds is 6. The molecule has 2 rings (SSSR count). The monoisotopic (exact) mass is 250 g/mol. The lowest BCUT2D eigenvalue weighted by atomic mass is 10.1. The second kappa shape index (κ2) is 6.34. The first-order chi connectivity index (χ1) is 8.65. The summed E-state index contributed by atoms with van der Waals surface area (Å²) in [7, 11) is 0. The van der Waals surface area contributed by atoms with Crippen molar-refractivity contribution in [3.63, 3.8) is 0 Å². The second-order valence-electron chi connectivity index (χ2n) is 5.93. The van der Waals surface area contributed by atoms with Crippen LogP contribution < -0.4 is 5.32 Å². The van der Waals surface area contributed by atoms with Gasteiger partial charge in [0.05, 0.1) is 6.54 Å². The summed E-state index contributed by atoms with van der Waals surface area (Å²) in [5.41, 5.74) is 0. The summed E-state index contributed by atoms with van der Waals surface area (Å²) in [6.45, 7) is 13.5. The van der Waals surface area contributed by atoms with Gasteiger partial charge in [0.25, 0.3) is 0 Å². The van der Waals surface area contributed by atoms with Crippen LogP contribution in [0, 0.1) is 11.8 Å². The Labute approximate surface area is 110 Å². The Hall–Kier alpha value is -0.870. The molecule has 1 aromatic heterocycles. The molecular formula is C14H26N4. The molecule has 0 aromatic carbocycles. The summed E-state index contributed by atoms with van der Waals surface area (Å²) in [6, 6.07) is 0. The van der Waals surface area contributed by atoms with E-state index in [1.807, 2.05) is 6.20 Å². The van der Waals surface area contributed by atoms with Gasteiger partial charge in [0, 0.05) is 32.0 Å². The largest absolute Gasteiger partial charge is 0.333 e. The summed E-state index contributed by atoms with van der Waals surface area (Å²) < 4.78 is 2.26. The number of nitrogens with zero attached hydrogens (tertiary/aromatic N) is 3. The molecule has 0 aliphatic carbocycles. The second-order valence-corrected chi connectivity index (χ2v) is 5.93. The van der Waals surface area contributed by atoms with Crippen molar-refractivity contribution in [2.45, 2.75) is 33.9 Å². The van der Waals surface area contributed by atoms with Crippen molar-refractivity contribution >= 4 is 0 Å². The number of imidazole rings is 1. The van der Waals surface area contributed by atoms with Gasteiger partial charge in [-0.25, -0.2) is 4.98 Å². The first-order valence-electron chi connectivity index (χ1n) is 7.08. The number of hydrogen-bond donors (Lipinski definition) is 1. The van der Waals surface area contributed by atoms with Crippen LogP contribution in [0.2, 0.25) is 0 Å². The van der Waals surface area contributed by atoms with Crippen molar-refractivity contribution in [1.82, 2.24) is 19.8 Å². The normalized spacial score (nSPS) is 18.0. The van der Waals surface area contributed by atoms with Crippen molar-refractivity contribution in [3.05, 3.63) is 18.2 Å². The van der Waals surface area contributed by atoms with Crippen LogP contribution in [0.3, 0.4) is 0 Å². The quantitative estimate of drug-likeness (QED) is 0.832. The molecule has 0 radical (unpaired) electrons. The highest BCUT2D eigenvalue weighted by Gasteiger charge is 2.18. The van der Waals surface area contributed by atoms with Gasteiger partial charge in [0.1, 0.15) is 5.82 Å². The van der Waals surface area contributed by atoms with Crippen LogP contribution in [0.25, 0.3) is 0 Å². The van der Waals surface area contributed by atoms with Gasteiger partial charge in [-0.1, -0.05) is 20.8 Å². The third kappa shape index (κ3) is 3.82. The lowest BCUT2D eigenvalue weighted by Gasteiger charge is -2.30. The Morgan fingerprint density at radius 1 is 1.28 bits per heavy atom. The molecule has 1 atom stereocenters. The topological polar surface area (TPSA) is 33.1 Å². The Morgan fingerprint density at radius 3 is 2.89 bits per heavy atom. The SMILES string of the molecule is CC(C)CNCC(C)CN1CCn2ccnc2C1. The Balaban J connectivity index is 1.71. The fraction of sp³-hybridized carbons (Fsp3) is 0.786. The zero-order valence-electron chi connectivity index (χ0n) is 11.9. The summed E-state index contributed by atoms with van der Waals surface area (Å²) >= 11 is 0. The fourth-order valence-corrected chi connectivity index (χ4v) is 2.50. The van der Waals surface area contributed by atoms with Crippen LogP contribution >= 0.6 is 0 Å². The molecule has 4 heteroatoms. The predicted octanol–water partition coefficient (Wildman–Crippen LogP) is 1.58. The average Bonchev–Trinajstić information content (AvgIpc) is 2.75. The minimum atomic E-state index is 0.699. The number of hydrogen-bond acceptors (Lipinski definition) is 3. The Bertz CT molecular complexity index is 358. The highest BCUT2D eigenvalue weighted by molar-refractivity contribution is 4.95. The lowest BCUT2D eigenvalue weighted by Crippen LogP contribution is -2.39. The molecule has 0 saturated carbocycles. The van der Waals surface area contributed by atoms with Crippen LogP contribution in [0.4, 0.5) is 0 Å². The molecule has 0 amide bonds. The molecule has 18 heavy (non-hydrogen) atoms. The van der Waals surface area contributed by atoms with E-state index in [2.05, 4.69) is 46.7 Å². The molecule has 0 bridgehead atoms. The fourth-order valence-electron chi connectivity index (χ4n) is 2.50. The average molecular weight is 250 g/mol. The minimum Gasteiger partial charge on any atom is -0.333 e. The van der Waals surface area contributed by atoms with E-state index >= 15 is 0 Å². The molecule has 1 aromatic rings. The smallest absolute Gasteiger partial charge is 0.122 e. The molecule has 0 spiro atoms. The van der Waals surface area contributed by atoms with E-state index in [-0.39, 0.29) is 0 Å². The van der Waals surface area contributed by atoms with Crippen molar-refractivity contribution in [3.8, 4) is 0 Å². The van der Waals surface area contributed by atoms with Crippen LogP contribution in [0.5, 0.6) is 0 Å². The van der Waals surface area contributed by atoms with Gasteiger partial charge >= 0.3 is 0 Å². The van der Waals surface area contributed by atoms with Crippen LogP contribution in [-0.4, -0.2) is 40.6 Å². The van der Waals surface area contributed by atoms with E-state index in [1.165, 1.54) is 5.82 Å². The number of fused-ring (bicyclic) bond motifs is 1. The minimum absolute atomic E-state index is 0.699. The van der Waals surface area contributed by atoms with Crippen molar-refractivity contribution < 1.29 is 0 Å².